The molecule has 0 radical (unpaired) electrons. The monoisotopic (exact) mass is 372 g/mol. The van der Waals surface area contributed by atoms with Crippen LogP contribution < -0.4 is 0 Å². The normalized spacial score (nSPS) is 22.8. The Hall–Kier alpha value is -0.660. The highest BCUT2D eigenvalue weighted by Crippen LogP contribution is 2.26. The number of piperidine rings is 2. The summed E-state index contributed by atoms with van der Waals surface area (Å²) in [5, 5.41) is 0.451. The maximum atomic E-state index is 12.7. The zero-order chi connectivity index (χ0) is 17.2. The van der Waals surface area contributed by atoms with Crippen LogP contribution in [-0.4, -0.2) is 63.1 Å². The molecule has 0 unspecified atom stereocenters. The first-order chi connectivity index (χ1) is 11.5. The van der Waals surface area contributed by atoms with Crippen molar-refractivity contribution in [3.05, 3.63) is 29.3 Å². The van der Waals surface area contributed by atoms with Gasteiger partial charge in [-0.1, -0.05) is 17.7 Å². The minimum atomic E-state index is -3.44. The second-order valence-electron chi connectivity index (χ2n) is 6.56. The van der Waals surface area contributed by atoms with E-state index in [9.17, 15) is 8.42 Å². The summed E-state index contributed by atoms with van der Waals surface area (Å²) in [6.45, 7) is 3.24. The SMILES string of the molecule is COC1CCN(C2CCN(S(=O)(=O)c3cccc(Cl)c3)CC2)CC1. The smallest absolute Gasteiger partial charge is 0.243 e. The lowest BCUT2D eigenvalue weighted by molar-refractivity contribution is 0.0190. The van der Waals surface area contributed by atoms with Gasteiger partial charge in [-0.05, 0) is 43.9 Å². The van der Waals surface area contributed by atoms with Crippen LogP contribution in [0.2, 0.25) is 5.02 Å². The standard InChI is InChI=1S/C17H25ClN2O3S/c1-23-16-7-9-19(10-8-16)15-5-11-20(12-6-15)24(21,22)17-4-2-3-14(18)13-17/h2-4,13,15-16H,5-12H2,1H3. The Balaban J connectivity index is 1.59. The van der Waals surface area contributed by atoms with Crippen LogP contribution >= 0.6 is 11.6 Å². The maximum Gasteiger partial charge on any atom is 0.243 e. The first kappa shape index (κ1) is 18.1. The van der Waals surface area contributed by atoms with Gasteiger partial charge in [0.05, 0.1) is 11.0 Å². The van der Waals surface area contributed by atoms with Crippen molar-refractivity contribution in [2.45, 2.75) is 42.7 Å². The topological polar surface area (TPSA) is 49.9 Å². The second kappa shape index (κ2) is 7.70. The third kappa shape index (κ3) is 3.94. The molecule has 134 valence electrons. The molecule has 0 bridgehead atoms. The summed E-state index contributed by atoms with van der Waals surface area (Å²) < 4.78 is 32.5. The van der Waals surface area contributed by atoms with Crippen LogP contribution in [0.1, 0.15) is 25.7 Å². The molecular weight excluding hydrogens is 348 g/mol. The van der Waals surface area contributed by atoms with Crippen LogP contribution in [0, 0.1) is 0 Å². The van der Waals surface area contributed by atoms with Crippen molar-refractivity contribution in [2.75, 3.05) is 33.3 Å². The fraction of sp³-hybridized carbons (Fsp3) is 0.647. The molecule has 0 amide bonds. The van der Waals surface area contributed by atoms with E-state index in [1.165, 1.54) is 6.07 Å². The minimum Gasteiger partial charge on any atom is -0.381 e. The molecule has 0 aliphatic carbocycles. The van der Waals surface area contributed by atoms with Gasteiger partial charge in [-0.15, -0.1) is 0 Å². The zero-order valence-corrected chi connectivity index (χ0v) is 15.6. The van der Waals surface area contributed by atoms with Crippen LogP contribution in [0.15, 0.2) is 29.2 Å². The Kier molecular flexibility index (Phi) is 5.82. The lowest BCUT2D eigenvalue weighted by atomic mass is 10.00. The van der Waals surface area contributed by atoms with Gasteiger partial charge in [0, 0.05) is 44.4 Å². The van der Waals surface area contributed by atoms with Crippen molar-refractivity contribution in [2.24, 2.45) is 0 Å². The molecule has 0 spiro atoms. The van der Waals surface area contributed by atoms with Gasteiger partial charge in [0.2, 0.25) is 10.0 Å². The Morgan fingerprint density at radius 2 is 1.75 bits per heavy atom. The summed E-state index contributed by atoms with van der Waals surface area (Å²) in [5.41, 5.74) is 0. The van der Waals surface area contributed by atoms with E-state index < -0.39 is 10.0 Å². The highest BCUT2D eigenvalue weighted by molar-refractivity contribution is 7.89. The Bertz CT molecular complexity index is 652. The van der Waals surface area contributed by atoms with E-state index in [1.807, 2.05) is 0 Å². The molecule has 24 heavy (non-hydrogen) atoms. The number of likely N-dealkylation sites (tertiary alicyclic amines) is 1. The number of ether oxygens (including phenoxy) is 1. The number of hydrogen-bond donors (Lipinski definition) is 0. The van der Waals surface area contributed by atoms with Crippen molar-refractivity contribution in [1.29, 1.82) is 0 Å². The Morgan fingerprint density at radius 3 is 2.33 bits per heavy atom. The molecular formula is C17H25ClN2O3S. The highest BCUT2D eigenvalue weighted by Gasteiger charge is 2.33. The van der Waals surface area contributed by atoms with E-state index in [1.54, 1.807) is 29.6 Å². The average molecular weight is 373 g/mol. The first-order valence-corrected chi connectivity index (χ1v) is 10.3. The molecule has 0 atom stereocenters. The number of methoxy groups -OCH3 is 1. The Labute approximate surface area is 149 Å². The summed E-state index contributed by atoms with van der Waals surface area (Å²) in [6, 6.07) is 6.99. The van der Waals surface area contributed by atoms with Crippen molar-refractivity contribution in [3.8, 4) is 0 Å². The average Bonchev–Trinajstić information content (AvgIpc) is 2.62. The third-order valence-electron chi connectivity index (χ3n) is 5.18. The minimum absolute atomic E-state index is 0.286. The summed E-state index contributed by atoms with van der Waals surface area (Å²) >= 11 is 5.94. The predicted molar refractivity (Wildman–Crippen MR) is 94.8 cm³/mol. The highest BCUT2D eigenvalue weighted by atomic mass is 35.5. The molecule has 2 heterocycles. The largest absolute Gasteiger partial charge is 0.381 e. The zero-order valence-electron chi connectivity index (χ0n) is 14.0. The van der Waals surface area contributed by atoms with Crippen molar-refractivity contribution in [1.82, 2.24) is 9.21 Å². The predicted octanol–water partition coefficient (Wildman–Crippen LogP) is 2.60. The molecule has 0 aromatic heterocycles. The molecule has 2 saturated heterocycles. The number of benzene rings is 1. The van der Waals surface area contributed by atoms with Crippen molar-refractivity contribution < 1.29 is 13.2 Å². The molecule has 0 saturated carbocycles. The lowest BCUT2D eigenvalue weighted by Gasteiger charge is -2.41. The van der Waals surface area contributed by atoms with Gasteiger partial charge in [-0.25, -0.2) is 8.42 Å². The van der Waals surface area contributed by atoms with Crippen LogP contribution in [0.5, 0.6) is 0 Å². The van der Waals surface area contributed by atoms with Gasteiger partial charge in [-0.3, -0.25) is 0 Å². The fourth-order valence-electron chi connectivity index (χ4n) is 3.70. The second-order valence-corrected chi connectivity index (χ2v) is 8.94. The third-order valence-corrected chi connectivity index (χ3v) is 7.31. The van der Waals surface area contributed by atoms with Gasteiger partial charge in [0.25, 0.3) is 0 Å². The molecule has 2 aliphatic heterocycles. The summed E-state index contributed by atoms with van der Waals surface area (Å²) in [4.78, 5) is 2.79. The molecule has 5 nitrogen and oxygen atoms in total. The van der Waals surface area contributed by atoms with E-state index in [-0.39, 0.29) is 4.90 Å². The van der Waals surface area contributed by atoms with E-state index in [4.69, 9.17) is 16.3 Å². The Morgan fingerprint density at radius 1 is 1.08 bits per heavy atom. The van der Waals surface area contributed by atoms with Gasteiger partial charge >= 0.3 is 0 Å². The quantitative estimate of drug-likeness (QED) is 0.815. The fourth-order valence-corrected chi connectivity index (χ4v) is 5.47. The number of nitrogens with zero attached hydrogens (tertiary/aromatic N) is 2. The summed E-state index contributed by atoms with van der Waals surface area (Å²) in [5.74, 6) is 0. The van der Waals surface area contributed by atoms with E-state index in [0.717, 1.165) is 38.8 Å². The number of rotatable bonds is 4. The van der Waals surface area contributed by atoms with Crippen LogP contribution in [0.4, 0.5) is 0 Å². The van der Waals surface area contributed by atoms with Crippen LogP contribution in [-0.2, 0) is 14.8 Å². The first-order valence-electron chi connectivity index (χ1n) is 8.53. The molecule has 2 aliphatic rings. The van der Waals surface area contributed by atoms with E-state index in [2.05, 4.69) is 4.90 Å². The van der Waals surface area contributed by atoms with Gasteiger partial charge < -0.3 is 9.64 Å². The van der Waals surface area contributed by atoms with Gasteiger partial charge in [-0.2, -0.15) is 4.31 Å². The lowest BCUT2D eigenvalue weighted by Crippen LogP contribution is -2.49. The molecule has 1 aromatic rings. The number of sulfonamides is 1. The molecule has 3 rings (SSSR count). The maximum absolute atomic E-state index is 12.7. The van der Waals surface area contributed by atoms with Crippen LogP contribution in [0.25, 0.3) is 0 Å². The van der Waals surface area contributed by atoms with Crippen LogP contribution in [0.3, 0.4) is 0 Å². The molecule has 7 heteroatoms. The summed E-state index contributed by atoms with van der Waals surface area (Å²) in [7, 11) is -1.66. The molecule has 1 aromatic carbocycles. The summed E-state index contributed by atoms with van der Waals surface area (Å²) in [6.07, 6.45) is 4.29. The van der Waals surface area contributed by atoms with E-state index >= 15 is 0 Å². The van der Waals surface area contributed by atoms with Crippen molar-refractivity contribution >= 4 is 21.6 Å². The number of hydrogen-bond acceptors (Lipinski definition) is 4. The molecule has 2 fully saturated rings. The number of halogens is 1. The molecule has 0 N–H and O–H groups in total. The van der Waals surface area contributed by atoms with Gasteiger partial charge in [0.15, 0.2) is 0 Å². The van der Waals surface area contributed by atoms with E-state index in [0.29, 0.717) is 30.3 Å². The van der Waals surface area contributed by atoms with Gasteiger partial charge in [0.1, 0.15) is 0 Å². The van der Waals surface area contributed by atoms with Crippen molar-refractivity contribution in [3.63, 3.8) is 0 Å².